The van der Waals surface area contributed by atoms with Crippen LogP contribution in [0.2, 0.25) is 0 Å². The van der Waals surface area contributed by atoms with Crippen LogP contribution >= 0.6 is 0 Å². The lowest BCUT2D eigenvalue weighted by atomic mass is 10.1. The van der Waals surface area contributed by atoms with E-state index >= 15 is 0 Å². The fraction of sp³-hybridized carbons (Fsp3) is 0.192. The lowest BCUT2D eigenvalue weighted by molar-refractivity contribution is 0.102. The number of benzene rings is 3. The molecule has 186 valence electrons. The van der Waals surface area contributed by atoms with E-state index in [1.54, 1.807) is 48.5 Å². The molecule has 0 atom stereocenters. The molecular formula is C26H25N3O7. The van der Waals surface area contributed by atoms with Crippen LogP contribution in [-0.2, 0) is 0 Å². The molecule has 0 unspecified atom stereocenters. The number of amides is 1. The van der Waals surface area contributed by atoms with Crippen molar-refractivity contribution in [2.24, 2.45) is 0 Å². The summed E-state index contributed by atoms with van der Waals surface area (Å²) >= 11 is 0. The smallest absolute Gasteiger partial charge is 0.260 e. The molecule has 36 heavy (non-hydrogen) atoms. The van der Waals surface area contributed by atoms with Gasteiger partial charge in [-0.15, -0.1) is 0 Å². The number of methoxy groups -OCH3 is 5. The Morgan fingerprint density at radius 2 is 1.44 bits per heavy atom. The Morgan fingerprint density at radius 3 is 2.08 bits per heavy atom. The Bertz CT molecular complexity index is 1360. The van der Waals surface area contributed by atoms with Gasteiger partial charge in [0.1, 0.15) is 0 Å². The quantitative estimate of drug-likeness (QED) is 0.356. The van der Waals surface area contributed by atoms with E-state index in [1.165, 1.54) is 35.5 Å². The number of nitrogens with zero attached hydrogens (tertiary/aromatic N) is 2. The van der Waals surface area contributed by atoms with Gasteiger partial charge < -0.3 is 33.5 Å². The zero-order valence-electron chi connectivity index (χ0n) is 20.4. The van der Waals surface area contributed by atoms with E-state index in [-0.39, 0.29) is 11.8 Å². The highest BCUT2D eigenvalue weighted by atomic mass is 16.5. The summed E-state index contributed by atoms with van der Waals surface area (Å²) in [6, 6.07) is 15.5. The van der Waals surface area contributed by atoms with Crippen LogP contribution in [0.5, 0.6) is 28.7 Å². The summed E-state index contributed by atoms with van der Waals surface area (Å²) in [5.74, 6) is 2.54. The maximum absolute atomic E-state index is 13.0. The lowest BCUT2D eigenvalue weighted by Crippen LogP contribution is -2.13. The van der Waals surface area contributed by atoms with Gasteiger partial charge in [-0.25, -0.2) is 0 Å². The van der Waals surface area contributed by atoms with E-state index in [0.717, 1.165) is 0 Å². The number of hydrogen-bond donors (Lipinski definition) is 1. The number of carbonyl (C=O) groups is 1. The van der Waals surface area contributed by atoms with E-state index in [0.29, 0.717) is 56.9 Å². The van der Waals surface area contributed by atoms with Crippen molar-refractivity contribution in [3.8, 4) is 51.6 Å². The van der Waals surface area contributed by atoms with Crippen molar-refractivity contribution in [1.29, 1.82) is 0 Å². The third kappa shape index (κ3) is 4.74. The summed E-state index contributed by atoms with van der Waals surface area (Å²) in [5.41, 5.74) is 2.05. The van der Waals surface area contributed by atoms with Crippen LogP contribution in [-0.4, -0.2) is 51.6 Å². The molecule has 10 heteroatoms. The van der Waals surface area contributed by atoms with E-state index in [4.69, 9.17) is 28.2 Å². The topological polar surface area (TPSA) is 114 Å². The van der Waals surface area contributed by atoms with Crippen LogP contribution in [0.3, 0.4) is 0 Å². The number of para-hydroxylation sites is 1. The van der Waals surface area contributed by atoms with Crippen molar-refractivity contribution in [2.45, 2.75) is 0 Å². The van der Waals surface area contributed by atoms with Crippen molar-refractivity contribution >= 4 is 11.6 Å². The molecule has 0 aliphatic rings. The van der Waals surface area contributed by atoms with E-state index in [2.05, 4.69) is 15.5 Å². The predicted octanol–water partition coefficient (Wildman–Crippen LogP) is 4.70. The average Bonchev–Trinajstić information content (AvgIpc) is 3.42. The lowest BCUT2D eigenvalue weighted by Gasteiger charge is -2.12. The molecule has 1 heterocycles. The number of carbonyl (C=O) groups excluding carboxylic acids is 1. The fourth-order valence-electron chi connectivity index (χ4n) is 3.61. The van der Waals surface area contributed by atoms with Gasteiger partial charge in [0.15, 0.2) is 23.0 Å². The van der Waals surface area contributed by atoms with E-state index in [1.807, 2.05) is 6.07 Å². The predicted molar refractivity (Wildman–Crippen MR) is 132 cm³/mol. The summed E-state index contributed by atoms with van der Waals surface area (Å²) in [6.07, 6.45) is 0. The zero-order valence-corrected chi connectivity index (χ0v) is 20.4. The van der Waals surface area contributed by atoms with E-state index < -0.39 is 0 Å². The number of rotatable bonds is 9. The van der Waals surface area contributed by atoms with Gasteiger partial charge in [0.05, 0.1) is 46.8 Å². The molecule has 0 aliphatic heterocycles. The van der Waals surface area contributed by atoms with Gasteiger partial charge >= 0.3 is 0 Å². The highest BCUT2D eigenvalue weighted by Crippen LogP contribution is 2.41. The van der Waals surface area contributed by atoms with Gasteiger partial charge in [-0.2, -0.15) is 4.98 Å². The summed E-state index contributed by atoms with van der Waals surface area (Å²) < 4.78 is 32.3. The first-order valence-corrected chi connectivity index (χ1v) is 10.8. The number of hydrogen-bond acceptors (Lipinski definition) is 9. The second kappa shape index (κ2) is 10.7. The molecule has 0 spiro atoms. The first-order chi connectivity index (χ1) is 17.5. The minimum absolute atomic E-state index is 0.224. The van der Waals surface area contributed by atoms with Crippen LogP contribution in [0.15, 0.2) is 59.1 Å². The standard InChI is InChI=1S/C26H25N3O7/c1-31-19-11-10-15(12-20(19)32-2)25(30)27-18-9-7-6-8-17(18)26-28-24(29-36-26)16-13-21(33-3)23(35-5)22(14-16)34-4/h6-14H,1-5H3,(H,27,30). The number of nitrogens with one attached hydrogen (secondary N) is 1. The summed E-state index contributed by atoms with van der Waals surface area (Å²) in [5, 5.41) is 7.00. The molecule has 10 nitrogen and oxygen atoms in total. The minimum Gasteiger partial charge on any atom is -0.493 e. The van der Waals surface area contributed by atoms with Gasteiger partial charge in [0.2, 0.25) is 11.6 Å². The number of aromatic nitrogens is 2. The third-order valence-electron chi connectivity index (χ3n) is 5.40. The second-order valence-corrected chi connectivity index (χ2v) is 7.41. The molecule has 0 saturated carbocycles. The van der Waals surface area contributed by atoms with Crippen molar-refractivity contribution in [2.75, 3.05) is 40.9 Å². The van der Waals surface area contributed by atoms with Crippen molar-refractivity contribution in [3.63, 3.8) is 0 Å². The largest absolute Gasteiger partial charge is 0.493 e. The highest BCUT2D eigenvalue weighted by molar-refractivity contribution is 6.06. The molecule has 0 bridgehead atoms. The molecule has 1 amide bonds. The van der Waals surface area contributed by atoms with Crippen LogP contribution < -0.4 is 29.0 Å². The van der Waals surface area contributed by atoms with Crippen molar-refractivity contribution in [1.82, 2.24) is 10.1 Å². The molecule has 0 fully saturated rings. The maximum atomic E-state index is 13.0. The molecule has 0 aliphatic carbocycles. The monoisotopic (exact) mass is 491 g/mol. The minimum atomic E-state index is -0.340. The first-order valence-electron chi connectivity index (χ1n) is 10.8. The normalized spacial score (nSPS) is 10.5. The first kappa shape index (κ1) is 24.4. The van der Waals surface area contributed by atoms with Crippen molar-refractivity contribution < 1.29 is 33.0 Å². The molecule has 4 rings (SSSR count). The zero-order chi connectivity index (χ0) is 25.7. The third-order valence-corrected chi connectivity index (χ3v) is 5.40. The Morgan fingerprint density at radius 1 is 0.778 bits per heavy atom. The molecule has 0 saturated heterocycles. The Labute approximate surface area is 207 Å². The van der Waals surface area contributed by atoms with Crippen molar-refractivity contribution in [3.05, 3.63) is 60.2 Å². The van der Waals surface area contributed by atoms with Crippen LogP contribution in [0.25, 0.3) is 22.8 Å². The molecule has 1 N–H and O–H groups in total. The van der Waals surface area contributed by atoms with Gasteiger partial charge in [-0.1, -0.05) is 17.3 Å². The molecular weight excluding hydrogens is 466 g/mol. The Hall–Kier alpha value is -4.73. The summed E-state index contributed by atoms with van der Waals surface area (Å²) in [6.45, 7) is 0. The number of ether oxygens (including phenoxy) is 5. The van der Waals surface area contributed by atoms with Crippen LogP contribution in [0.4, 0.5) is 5.69 Å². The van der Waals surface area contributed by atoms with Crippen LogP contribution in [0, 0.1) is 0 Å². The summed E-state index contributed by atoms with van der Waals surface area (Å²) in [4.78, 5) is 17.5. The summed E-state index contributed by atoms with van der Waals surface area (Å²) in [7, 11) is 7.63. The van der Waals surface area contributed by atoms with Gasteiger partial charge in [-0.3, -0.25) is 4.79 Å². The van der Waals surface area contributed by atoms with Gasteiger partial charge in [0.25, 0.3) is 11.8 Å². The maximum Gasteiger partial charge on any atom is 0.260 e. The van der Waals surface area contributed by atoms with Gasteiger partial charge in [-0.05, 0) is 42.5 Å². The van der Waals surface area contributed by atoms with E-state index in [9.17, 15) is 4.79 Å². The molecule has 3 aromatic carbocycles. The molecule has 4 aromatic rings. The van der Waals surface area contributed by atoms with Gasteiger partial charge in [0, 0.05) is 11.1 Å². The number of anilines is 1. The Balaban J connectivity index is 1.65. The second-order valence-electron chi connectivity index (χ2n) is 7.41. The fourth-order valence-corrected chi connectivity index (χ4v) is 3.61. The average molecular weight is 492 g/mol. The Kier molecular flexibility index (Phi) is 7.24. The SMILES string of the molecule is COc1ccc(C(=O)Nc2ccccc2-c2nc(-c3cc(OC)c(OC)c(OC)c3)no2)cc1OC. The molecule has 1 aromatic heterocycles. The highest BCUT2D eigenvalue weighted by Gasteiger charge is 2.20. The molecule has 0 radical (unpaired) electrons. The van der Waals surface area contributed by atoms with Crippen LogP contribution in [0.1, 0.15) is 10.4 Å².